The zero-order valence-electron chi connectivity index (χ0n) is 13.0. The van der Waals surface area contributed by atoms with Gasteiger partial charge in [0.05, 0.1) is 5.56 Å². The number of hydrogen-bond acceptors (Lipinski definition) is 4. The fourth-order valence-corrected chi connectivity index (χ4v) is 2.49. The maximum Gasteiger partial charge on any atom is 0.258 e. The van der Waals surface area contributed by atoms with Gasteiger partial charge in [0.15, 0.2) is 0 Å². The molecule has 1 heterocycles. The Hall–Kier alpha value is -1.85. The number of amides is 1. The van der Waals surface area contributed by atoms with Gasteiger partial charge < -0.3 is 10.2 Å². The van der Waals surface area contributed by atoms with Crippen molar-refractivity contribution in [3.8, 4) is 0 Å². The van der Waals surface area contributed by atoms with Gasteiger partial charge in [-0.3, -0.25) is 4.79 Å². The highest BCUT2D eigenvalue weighted by Crippen LogP contribution is 2.22. The zero-order chi connectivity index (χ0) is 16.8. The number of nitrogens with one attached hydrogen (secondary N) is 1. The molecule has 1 aromatic carbocycles. The molecule has 5 nitrogen and oxygen atoms in total. The van der Waals surface area contributed by atoms with Crippen LogP contribution in [0.1, 0.15) is 30.1 Å². The molecule has 0 aliphatic carbocycles. The molecule has 23 heavy (non-hydrogen) atoms. The lowest BCUT2D eigenvalue weighted by Gasteiger charge is -2.16. The summed E-state index contributed by atoms with van der Waals surface area (Å²) in [6.07, 6.45) is 5.18. The highest BCUT2D eigenvalue weighted by Gasteiger charge is 2.10. The molecule has 0 aliphatic rings. The first kappa shape index (κ1) is 17.5. The van der Waals surface area contributed by atoms with Crippen LogP contribution in [0, 0.1) is 0 Å². The Morgan fingerprint density at radius 3 is 2.35 bits per heavy atom. The molecule has 7 heteroatoms. The second-order valence-corrected chi connectivity index (χ2v) is 6.03. The van der Waals surface area contributed by atoms with Crippen LogP contribution >= 0.6 is 23.2 Å². The van der Waals surface area contributed by atoms with E-state index in [0.717, 1.165) is 19.4 Å². The van der Waals surface area contributed by atoms with Gasteiger partial charge in [0, 0.05) is 41.7 Å². The Morgan fingerprint density at radius 1 is 1.17 bits per heavy atom. The van der Waals surface area contributed by atoms with E-state index in [0.29, 0.717) is 27.2 Å². The predicted molar refractivity (Wildman–Crippen MR) is 94.6 cm³/mol. The van der Waals surface area contributed by atoms with E-state index < -0.39 is 0 Å². The summed E-state index contributed by atoms with van der Waals surface area (Å²) < 4.78 is 0. The summed E-state index contributed by atoms with van der Waals surface area (Å²) >= 11 is 11.8. The molecule has 122 valence electrons. The highest BCUT2D eigenvalue weighted by atomic mass is 35.5. The minimum atomic E-state index is -0.314. The van der Waals surface area contributed by atoms with E-state index in [1.165, 1.54) is 12.4 Å². The highest BCUT2D eigenvalue weighted by molar-refractivity contribution is 6.35. The number of carbonyl (C=O) groups excluding carboxylic acids is 1. The van der Waals surface area contributed by atoms with Gasteiger partial charge in [0.2, 0.25) is 5.95 Å². The number of anilines is 2. The summed E-state index contributed by atoms with van der Waals surface area (Å²) in [6, 6.07) is 4.85. The van der Waals surface area contributed by atoms with Crippen LogP contribution < -0.4 is 10.2 Å². The van der Waals surface area contributed by atoms with Crippen LogP contribution in [0.2, 0.25) is 10.0 Å². The van der Waals surface area contributed by atoms with Crippen molar-refractivity contribution in [1.29, 1.82) is 0 Å². The molecule has 2 rings (SSSR count). The van der Waals surface area contributed by atoms with Crippen LogP contribution in [-0.2, 0) is 0 Å². The van der Waals surface area contributed by atoms with E-state index >= 15 is 0 Å². The second kappa shape index (κ2) is 8.13. The average Bonchev–Trinajstić information content (AvgIpc) is 2.51. The first-order chi connectivity index (χ1) is 11.0. The number of nitrogens with zero attached hydrogens (tertiary/aromatic N) is 3. The quantitative estimate of drug-likeness (QED) is 0.843. The topological polar surface area (TPSA) is 58.1 Å². The smallest absolute Gasteiger partial charge is 0.258 e. The first-order valence-electron chi connectivity index (χ1n) is 7.30. The molecule has 0 bridgehead atoms. The van der Waals surface area contributed by atoms with Crippen LogP contribution in [0.5, 0.6) is 0 Å². The Balaban J connectivity index is 2.05. The third-order valence-electron chi connectivity index (χ3n) is 3.21. The maximum absolute atomic E-state index is 12.2. The monoisotopic (exact) mass is 352 g/mol. The van der Waals surface area contributed by atoms with Gasteiger partial charge in [-0.25, -0.2) is 9.97 Å². The number of benzene rings is 1. The van der Waals surface area contributed by atoms with Crippen molar-refractivity contribution < 1.29 is 4.79 Å². The minimum absolute atomic E-state index is 0.314. The minimum Gasteiger partial charge on any atom is -0.344 e. The zero-order valence-corrected chi connectivity index (χ0v) is 14.5. The summed E-state index contributed by atoms with van der Waals surface area (Å²) in [6.45, 7) is 3.01. The molecule has 0 saturated carbocycles. The molecule has 0 fully saturated rings. The summed E-state index contributed by atoms with van der Waals surface area (Å²) in [5, 5.41) is 3.63. The van der Waals surface area contributed by atoms with Crippen LogP contribution in [0.15, 0.2) is 30.6 Å². The molecule has 0 atom stereocenters. The molecule has 2 aromatic rings. The van der Waals surface area contributed by atoms with E-state index in [-0.39, 0.29) is 5.91 Å². The summed E-state index contributed by atoms with van der Waals surface area (Å²) in [7, 11) is 1.93. The molecule has 1 amide bonds. The molecule has 1 N–H and O–H groups in total. The average molecular weight is 353 g/mol. The van der Waals surface area contributed by atoms with Crippen LogP contribution in [-0.4, -0.2) is 29.5 Å². The van der Waals surface area contributed by atoms with Gasteiger partial charge in [-0.05, 0) is 24.6 Å². The molecule has 0 unspecified atom stereocenters. The maximum atomic E-state index is 12.2. The SMILES string of the molecule is CCCCN(C)c1ncc(C(=O)Nc2cc(Cl)cc(Cl)c2)cn1. The van der Waals surface area contributed by atoms with E-state index in [1.54, 1.807) is 18.2 Å². The van der Waals surface area contributed by atoms with Crippen molar-refractivity contribution in [1.82, 2.24) is 9.97 Å². The van der Waals surface area contributed by atoms with Crippen molar-refractivity contribution in [3.05, 3.63) is 46.2 Å². The van der Waals surface area contributed by atoms with Crippen LogP contribution in [0.3, 0.4) is 0 Å². The van der Waals surface area contributed by atoms with Crippen molar-refractivity contribution >= 4 is 40.7 Å². The first-order valence-corrected chi connectivity index (χ1v) is 8.06. The van der Waals surface area contributed by atoms with E-state index in [4.69, 9.17) is 23.2 Å². The number of rotatable bonds is 6. The molecule has 1 aromatic heterocycles. The number of unbranched alkanes of at least 4 members (excludes halogenated alkanes) is 1. The molecular weight excluding hydrogens is 335 g/mol. The van der Waals surface area contributed by atoms with Gasteiger partial charge in [-0.2, -0.15) is 0 Å². The summed E-state index contributed by atoms with van der Waals surface area (Å²) in [5.74, 6) is 0.284. The lowest BCUT2D eigenvalue weighted by atomic mass is 10.2. The van der Waals surface area contributed by atoms with Gasteiger partial charge in [-0.1, -0.05) is 36.5 Å². The third-order valence-corrected chi connectivity index (χ3v) is 3.65. The molecule has 0 spiro atoms. The molecule has 0 saturated heterocycles. The second-order valence-electron chi connectivity index (χ2n) is 5.16. The summed E-state index contributed by atoms with van der Waals surface area (Å²) in [4.78, 5) is 22.6. The van der Waals surface area contributed by atoms with Crippen LogP contribution in [0.4, 0.5) is 11.6 Å². The summed E-state index contributed by atoms with van der Waals surface area (Å²) in [5.41, 5.74) is 0.894. The van der Waals surface area contributed by atoms with Gasteiger partial charge in [-0.15, -0.1) is 0 Å². The largest absolute Gasteiger partial charge is 0.344 e. The Kier molecular flexibility index (Phi) is 6.19. The molecule has 0 aliphatic heterocycles. The molecular formula is C16H18Cl2N4O. The van der Waals surface area contributed by atoms with Gasteiger partial charge in [0.25, 0.3) is 5.91 Å². The van der Waals surface area contributed by atoms with E-state index in [1.807, 2.05) is 11.9 Å². The number of aromatic nitrogens is 2. The van der Waals surface area contributed by atoms with Crippen molar-refractivity contribution in [2.75, 3.05) is 23.8 Å². The fraction of sp³-hybridized carbons (Fsp3) is 0.312. The Morgan fingerprint density at radius 2 is 1.78 bits per heavy atom. The lowest BCUT2D eigenvalue weighted by Crippen LogP contribution is -2.21. The fourth-order valence-electron chi connectivity index (χ4n) is 1.96. The van der Waals surface area contributed by atoms with Gasteiger partial charge >= 0.3 is 0 Å². The van der Waals surface area contributed by atoms with E-state index in [9.17, 15) is 4.79 Å². The van der Waals surface area contributed by atoms with Crippen molar-refractivity contribution in [3.63, 3.8) is 0 Å². The predicted octanol–water partition coefficient (Wildman–Crippen LogP) is 4.27. The number of carbonyl (C=O) groups is 1. The Labute approximate surface area is 145 Å². The lowest BCUT2D eigenvalue weighted by molar-refractivity contribution is 0.102. The normalized spacial score (nSPS) is 10.4. The van der Waals surface area contributed by atoms with E-state index in [2.05, 4.69) is 22.2 Å². The van der Waals surface area contributed by atoms with Crippen LogP contribution in [0.25, 0.3) is 0 Å². The van der Waals surface area contributed by atoms with Crippen molar-refractivity contribution in [2.45, 2.75) is 19.8 Å². The number of halogens is 2. The van der Waals surface area contributed by atoms with Crippen molar-refractivity contribution in [2.24, 2.45) is 0 Å². The third kappa shape index (κ3) is 5.08. The van der Waals surface area contributed by atoms with Gasteiger partial charge in [0.1, 0.15) is 0 Å². The molecule has 0 radical (unpaired) electrons. The standard InChI is InChI=1S/C16H18Cl2N4O/c1-3-4-5-22(2)16-19-9-11(10-20-16)15(23)21-14-7-12(17)6-13(18)8-14/h6-10H,3-5H2,1-2H3,(H,21,23). The Bertz CT molecular complexity index is 656. The number of hydrogen-bond donors (Lipinski definition) is 1.